The van der Waals surface area contributed by atoms with Crippen LogP contribution in [0, 0.1) is 0 Å². The van der Waals surface area contributed by atoms with Crippen LogP contribution in [0.2, 0.25) is 0 Å². The molecule has 0 spiro atoms. The predicted molar refractivity (Wildman–Crippen MR) is 46.2 cm³/mol. The van der Waals surface area contributed by atoms with Gasteiger partial charge in [-0.3, -0.25) is 4.79 Å². The number of carbonyl (C=O) groups excluding carboxylic acids is 1. The van der Waals surface area contributed by atoms with Crippen LogP contribution in [0.15, 0.2) is 16.8 Å². The lowest BCUT2D eigenvalue weighted by Crippen LogP contribution is -2.32. The molecule has 1 aromatic rings. The standard InChI is InChI=1S/C9H12N2O2/c12-9(8-5-6-10-13-8)11-7-3-1-2-4-7/h5-7H,1-4H2,(H,11,12). The van der Waals surface area contributed by atoms with E-state index < -0.39 is 0 Å². The van der Waals surface area contributed by atoms with E-state index in [2.05, 4.69) is 10.5 Å². The topological polar surface area (TPSA) is 55.1 Å². The second-order valence-electron chi connectivity index (χ2n) is 3.33. The van der Waals surface area contributed by atoms with Crippen molar-refractivity contribution in [3.8, 4) is 0 Å². The molecule has 13 heavy (non-hydrogen) atoms. The Labute approximate surface area is 76.3 Å². The highest BCUT2D eigenvalue weighted by Crippen LogP contribution is 2.17. The second kappa shape index (κ2) is 3.60. The Balaban J connectivity index is 1.91. The fourth-order valence-corrected chi connectivity index (χ4v) is 1.66. The molecule has 1 saturated carbocycles. The molecule has 0 atom stereocenters. The smallest absolute Gasteiger partial charge is 0.290 e. The molecule has 1 heterocycles. The molecule has 70 valence electrons. The number of amides is 1. The maximum Gasteiger partial charge on any atom is 0.290 e. The van der Waals surface area contributed by atoms with E-state index in [0.29, 0.717) is 11.8 Å². The first-order chi connectivity index (χ1) is 6.36. The third-order valence-corrected chi connectivity index (χ3v) is 2.35. The first-order valence-electron chi connectivity index (χ1n) is 4.58. The van der Waals surface area contributed by atoms with Gasteiger partial charge in [0.1, 0.15) is 0 Å². The van der Waals surface area contributed by atoms with Crippen LogP contribution in [0.1, 0.15) is 36.2 Å². The molecule has 0 radical (unpaired) electrons. The van der Waals surface area contributed by atoms with E-state index in [-0.39, 0.29) is 5.91 Å². The Morgan fingerprint density at radius 3 is 2.92 bits per heavy atom. The highest BCUT2D eigenvalue weighted by Gasteiger charge is 2.19. The van der Waals surface area contributed by atoms with Gasteiger partial charge in [-0.25, -0.2) is 0 Å². The Morgan fingerprint density at radius 1 is 1.54 bits per heavy atom. The van der Waals surface area contributed by atoms with Crippen LogP contribution in [0.25, 0.3) is 0 Å². The van der Waals surface area contributed by atoms with Gasteiger partial charge < -0.3 is 9.84 Å². The van der Waals surface area contributed by atoms with E-state index in [4.69, 9.17) is 4.52 Å². The van der Waals surface area contributed by atoms with Crippen molar-refractivity contribution in [3.63, 3.8) is 0 Å². The molecular formula is C9H12N2O2. The largest absolute Gasteiger partial charge is 0.351 e. The second-order valence-corrected chi connectivity index (χ2v) is 3.33. The zero-order chi connectivity index (χ0) is 9.10. The van der Waals surface area contributed by atoms with Crippen molar-refractivity contribution < 1.29 is 9.32 Å². The van der Waals surface area contributed by atoms with Gasteiger partial charge in [-0.15, -0.1) is 0 Å². The number of hydrogen-bond donors (Lipinski definition) is 1. The zero-order valence-electron chi connectivity index (χ0n) is 7.32. The number of nitrogens with one attached hydrogen (secondary N) is 1. The number of rotatable bonds is 2. The third-order valence-electron chi connectivity index (χ3n) is 2.35. The van der Waals surface area contributed by atoms with E-state index >= 15 is 0 Å². The van der Waals surface area contributed by atoms with Crippen molar-refractivity contribution in [1.29, 1.82) is 0 Å². The minimum atomic E-state index is -0.149. The molecule has 4 nitrogen and oxygen atoms in total. The summed E-state index contributed by atoms with van der Waals surface area (Å²) in [7, 11) is 0. The molecule has 0 aliphatic heterocycles. The van der Waals surface area contributed by atoms with Crippen molar-refractivity contribution in [2.24, 2.45) is 0 Å². The van der Waals surface area contributed by atoms with Crippen molar-refractivity contribution >= 4 is 5.91 Å². The van der Waals surface area contributed by atoms with Gasteiger partial charge >= 0.3 is 0 Å². The minimum Gasteiger partial charge on any atom is -0.351 e. The summed E-state index contributed by atoms with van der Waals surface area (Å²) in [4.78, 5) is 11.4. The summed E-state index contributed by atoms with van der Waals surface area (Å²) in [5.74, 6) is 0.149. The van der Waals surface area contributed by atoms with Crippen LogP contribution in [0.5, 0.6) is 0 Å². The number of hydrogen-bond acceptors (Lipinski definition) is 3. The molecule has 0 bridgehead atoms. The fraction of sp³-hybridized carbons (Fsp3) is 0.556. The number of aromatic nitrogens is 1. The Bertz CT molecular complexity index is 276. The van der Waals surface area contributed by atoms with Gasteiger partial charge in [0.15, 0.2) is 0 Å². The fourth-order valence-electron chi connectivity index (χ4n) is 1.66. The first-order valence-corrected chi connectivity index (χ1v) is 4.58. The van der Waals surface area contributed by atoms with Gasteiger partial charge in [-0.05, 0) is 12.8 Å². The van der Waals surface area contributed by atoms with E-state index in [1.165, 1.54) is 19.0 Å². The monoisotopic (exact) mass is 180 g/mol. The minimum absolute atomic E-state index is 0.149. The van der Waals surface area contributed by atoms with Crippen LogP contribution in [0.4, 0.5) is 0 Å². The summed E-state index contributed by atoms with van der Waals surface area (Å²) in [6, 6.07) is 1.90. The van der Waals surface area contributed by atoms with Crippen molar-refractivity contribution in [2.45, 2.75) is 31.7 Å². The Hall–Kier alpha value is -1.32. The summed E-state index contributed by atoms with van der Waals surface area (Å²) in [6.45, 7) is 0. The van der Waals surface area contributed by atoms with Gasteiger partial charge in [0.05, 0.1) is 6.20 Å². The Morgan fingerprint density at radius 2 is 2.31 bits per heavy atom. The quantitative estimate of drug-likeness (QED) is 0.747. The van der Waals surface area contributed by atoms with Gasteiger partial charge in [0.25, 0.3) is 5.91 Å². The molecule has 1 aromatic heterocycles. The average molecular weight is 180 g/mol. The van der Waals surface area contributed by atoms with E-state index in [1.807, 2.05) is 0 Å². The molecule has 1 amide bonds. The lowest BCUT2D eigenvalue weighted by molar-refractivity contribution is 0.0900. The molecule has 1 N–H and O–H groups in total. The van der Waals surface area contributed by atoms with Crippen LogP contribution < -0.4 is 5.32 Å². The van der Waals surface area contributed by atoms with E-state index in [0.717, 1.165) is 12.8 Å². The van der Waals surface area contributed by atoms with Gasteiger partial charge in [-0.1, -0.05) is 18.0 Å². The maximum absolute atomic E-state index is 11.4. The predicted octanol–water partition coefficient (Wildman–Crippen LogP) is 1.35. The molecular weight excluding hydrogens is 168 g/mol. The number of nitrogens with zero attached hydrogens (tertiary/aromatic N) is 1. The lowest BCUT2D eigenvalue weighted by Gasteiger charge is -2.09. The molecule has 1 aliphatic rings. The summed E-state index contributed by atoms with van der Waals surface area (Å²) in [5.41, 5.74) is 0. The molecule has 0 unspecified atom stereocenters. The van der Waals surface area contributed by atoms with Crippen LogP contribution >= 0.6 is 0 Å². The molecule has 1 fully saturated rings. The molecule has 4 heteroatoms. The SMILES string of the molecule is O=C(NC1CCCC1)c1ccno1. The highest BCUT2D eigenvalue weighted by molar-refractivity contribution is 5.91. The van der Waals surface area contributed by atoms with Crippen LogP contribution in [-0.4, -0.2) is 17.1 Å². The summed E-state index contributed by atoms with van der Waals surface area (Å²) in [5, 5.41) is 6.39. The summed E-state index contributed by atoms with van der Waals surface area (Å²) >= 11 is 0. The summed E-state index contributed by atoms with van der Waals surface area (Å²) in [6.07, 6.45) is 6.06. The third kappa shape index (κ3) is 1.88. The molecule has 0 saturated heterocycles. The van der Waals surface area contributed by atoms with Gasteiger partial charge in [0, 0.05) is 12.1 Å². The average Bonchev–Trinajstić information content (AvgIpc) is 2.74. The number of carbonyl (C=O) groups is 1. The van der Waals surface area contributed by atoms with Crippen molar-refractivity contribution in [2.75, 3.05) is 0 Å². The van der Waals surface area contributed by atoms with Crippen LogP contribution in [0.3, 0.4) is 0 Å². The Kier molecular flexibility index (Phi) is 2.29. The lowest BCUT2D eigenvalue weighted by atomic mass is 10.2. The first kappa shape index (κ1) is 8.29. The highest BCUT2D eigenvalue weighted by atomic mass is 16.5. The zero-order valence-corrected chi connectivity index (χ0v) is 7.32. The maximum atomic E-state index is 11.4. The molecule has 0 aromatic carbocycles. The van der Waals surface area contributed by atoms with Crippen LogP contribution in [-0.2, 0) is 0 Å². The van der Waals surface area contributed by atoms with Crippen molar-refractivity contribution in [1.82, 2.24) is 10.5 Å². The van der Waals surface area contributed by atoms with Gasteiger partial charge in [0.2, 0.25) is 5.76 Å². The van der Waals surface area contributed by atoms with Crippen molar-refractivity contribution in [3.05, 3.63) is 18.0 Å². The van der Waals surface area contributed by atoms with Gasteiger partial charge in [-0.2, -0.15) is 0 Å². The van der Waals surface area contributed by atoms with E-state index in [1.54, 1.807) is 6.07 Å². The molecule has 2 rings (SSSR count). The van der Waals surface area contributed by atoms with E-state index in [9.17, 15) is 4.79 Å². The summed E-state index contributed by atoms with van der Waals surface area (Å²) < 4.78 is 4.74. The molecule has 1 aliphatic carbocycles. The normalized spacial score (nSPS) is 17.5.